The molecule has 0 spiro atoms. The number of aliphatic hydroxyl groups excluding tert-OH is 1. The zero-order chi connectivity index (χ0) is 20.7. The average molecular weight is 390 g/mol. The van der Waals surface area contributed by atoms with Crippen LogP contribution in [0.2, 0.25) is 0 Å². The largest absolute Gasteiger partial charge is 0.478 e. The number of carbonyl (C=O) groups is 1. The Kier molecular flexibility index (Phi) is 7.04. The van der Waals surface area contributed by atoms with Crippen molar-refractivity contribution >= 4 is 5.97 Å². The fourth-order valence-corrected chi connectivity index (χ4v) is 2.53. The van der Waals surface area contributed by atoms with Crippen LogP contribution in [-0.4, -0.2) is 49.5 Å². The summed E-state index contributed by atoms with van der Waals surface area (Å²) in [5, 5.41) is 21.0. The lowest BCUT2D eigenvalue weighted by molar-refractivity contribution is -0.0271. The van der Waals surface area contributed by atoms with Crippen LogP contribution in [0.3, 0.4) is 0 Å². The maximum Gasteiger partial charge on any atom is 0.337 e. The fourth-order valence-electron chi connectivity index (χ4n) is 2.53. The van der Waals surface area contributed by atoms with E-state index in [-0.39, 0.29) is 18.6 Å². The summed E-state index contributed by atoms with van der Waals surface area (Å²) in [5.74, 6) is -0.942. The van der Waals surface area contributed by atoms with Gasteiger partial charge in [-0.1, -0.05) is 5.11 Å². The number of rotatable bonds is 4. The van der Waals surface area contributed by atoms with Crippen molar-refractivity contribution in [3.05, 3.63) is 73.1 Å². The number of carboxylic acid groups (broad SMARTS) is 1. The van der Waals surface area contributed by atoms with Gasteiger partial charge in [0.05, 0.1) is 24.3 Å². The molecule has 3 heterocycles. The lowest BCUT2D eigenvalue weighted by Crippen LogP contribution is -2.33. The first-order chi connectivity index (χ1) is 13.4. The molecule has 28 heavy (non-hydrogen) atoms. The van der Waals surface area contributed by atoms with Crippen molar-refractivity contribution in [1.29, 1.82) is 0 Å². The molecule has 2 aromatic heterocycles. The summed E-state index contributed by atoms with van der Waals surface area (Å²) in [4.78, 5) is 41.6. The van der Waals surface area contributed by atoms with E-state index in [4.69, 9.17) is 20.5 Å². The van der Waals surface area contributed by atoms with Gasteiger partial charge in [-0.15, -0.1) is 0 Å². The minimum absolute atomic E-state index is 0.220. The first kappa shape index (κ1) is 20.8. The maximum absolute atomic E-state index is 11.7. The number of aromatic nitrogens is 3. The maximum atomic E-state index is 11.7. The number of hydrogen-bond acceptors (Lipinski definition) is 7. The van der Waals surface area contributed by atoms with Crippen LogP contribution < -0.4 is 11.2 Å². The van der Waals surface area contributed by atoms with E-state index in [9.17, 15) is 14.4 Å². The second-order valence-corrected chi connectivity index (χ2v) is 5.85. The lowest BCUT2D eigenvalue weighted by Gasteiger charge is -2.14. The van der Waals surface area contributed by atoms with Crippen molar-refractivity contribution in [3.63, 3.8) is 0 Å². The molecule has 2 aromatic rings. The average Bonchev–Trinajstić information content (AvgIpc) is 3.09. The minimum Gasteiger partial charge on any atom is -0.478 e. The molecule has 1 aliphatic rings. The molecule has 0 amide bonds. The Labute approximate surface area is 157 Å². The number of nitrogens with one attached hydrogen (secondary N) is 1. The Morgan fingerprint density at radius 2 is 2.29 bits per heavy atom. The van der Waals surface area contributed by atoms with Crippen molar-refractivity contribution < 1.29 is 19.7 Å². The van der Waals surface area contributed by atoms with E-state index in [1.54, 1.807) is 13.0 Å². The zero-order valence-electron chi connectivity index (χ0n) is 14.8. The predicted molar refractivity (Wildman–Crippen MR) is 95.8 cm³/mol. The third kappa shape index (κ3) is 5.04. The molecule has 0 unspecified atom stereocenters. The highest BCUT2D eigenvalue weighted by atomic mass is 16.5. The van der Waals surface area contributed by atoms with Crippen LogP contribution in [0.25, 0.3) is 10.4 Å². The van der Waals surface area contributed by atoms with Gasteiger partial charge >= 0.3 is 11.7 Å². The molecule has 3 rings (SSSR count). The van der Waals surface area contributed by atoms with E-state index in [2.05, 4.69) is 20.0 Å². The van der Waals surface area contributed by atoms with Gasteiger partial charge in [0.25, 0.3) is 5.56 Å². The number of aromatic amines is 1. The molecule has 3 atom stereocenters. The van der Waals surface area contributed by atoms with Crippen molar-refractivity contribution in [2.45, 2.75) is 31.7 Å². The monoisotopic (exact) mass is 390 g/mol. The highest BCUT2D eigenvalue weighted by Crippen LogP contribution is 2.29. The van der Waals surface area contributed by atoms with Crippen molar-refractivity contribution in [2.24, 2.45) is 5.11 Å². The number of H-pyrrole nitrogens is 1. The molecule has 0 aliphatic carbocycles. The zero-order valence-corrected chi connectivity index (χ0v) is 14.8. The highest BCUT2D eigenvalue weighted by Gasteiger charge is 2.35. The number of pyridine rings is 1. The molecule has 12 heteroatoms. The molecule has 1 aliphatic heterocycles. The third-order valence-electron chi connectivity index (χ3n) is 3.95. The second-order valence-electron chi connectivity index (χ2n) is 5.85. The number of azide groups is 1. The van der Waals surface area contributed by atoms with E-state index < -0.39 is 35.6 Å². The van der Waals surface area contributed by atoms with E-state index >= 15 is 0 Å². The van der Waals surface area contributed by atoms with Gasteiger partial charge in [0.1, 0.15) is 6.23 Å². The van der Waals surface area contributed by atoms with Gasteiger partial charge in [-0.3, -0.25) is 19.3 Å². The van der Waals surface area contributed by atoms with Crippen LogP contribution in [0.4, 0.5) is 0 Å². The first-order valence-electron chi connectivity index (χ1n) is 8.13. The predicted octanol–water partition coefficient (Wildman–Crippen LogP) is 0.584. The molecule has 1 saturated heterocycles. The minimum atomic E-state index is -0.942. The van der Waals surface area contributed by atoms with E-state index in [1.165, 1.54) is 29.2 Å². The van der Waals surface area contributed by atoms with Gasteiger partial charge in [-0.2, -0.15) is 0 Å². The highest BCUT2D eigenvalue weighted by molar-refractivity contribution is 5.86. The summed E-state index contributed by atoms with van der Waals surface area (Å²) in [6.07, 6.45) is 3.17. The van der Waals surface area contributed by atoms with Crippen molar-refractivity contribution in [3.8, 4) is 0 Å². The van der Waals surface area contributed by atoms with Gasteiger partial charge in [0.15, 0.2) is 0 Å². The Morgan fingerprint density at radius 3 is 2.82 bits per heavy atom. The van der Waals surface area contributed by atoms with Crippen LogP contribution >= 0.6 is 0 Å². The molecular weight excluding hydrogens is 372 g/mol. The topological polar surface area (TPSA) is 183 Å². The molecular formula is C16H18N6O6. The molecule has 0 bridgehead atoms. The summed E-state index contributed by atoms with van der Waals surface area (Å²) in [5.41, 5.74) is 7.98. The molecule has 0 saturated carbocycles. The normalized spacial score (nSPS) is 20.6. The Hall–Kier alpha value is -3.47. The van der Waals surface area contributed by atoms with Crippen LogP contribution in [0.1, 0.15) is 28.6 Å². The molecule has 148 valence electrons. The summed E-state index contributed by atoms with van der Waals surface area (Å²) >= 11 is 0. The number of nitrogens with zero attached hydrogens (tertiary/aromatic N) is 5. The third-order valence-corrected chi connectivity index (χ3v) is 3.95. The fraction of sp³-hybridized carbons (Fsp3) is 0.375. The summed E-state index contributed by atoms with van der Waals surface area (Å²) in [6, 6.07) is 2.54. The standard InChI is InChI=1S/C10H13N5O4.C6H5NO2/c1-5-3-15(10(18)12-9(5)17)8-2-6(13-14-11)7(4-16)19-8;8-6(9)5-2-1-3-7-4-5/h3,6-8,16H,2,4H2,1H3,(H,12,17,18);1-4H,(H,8,9)/t6-,7+,8+;/m0./s1. The van der Waals surface area contributed by atoms with Gasteiger partial charge in [-0.05, 0) is 24.6 Å². The quantitative estimate of drug-likeness (QED) is 0.387. The molecule has 12 nitrogen and oxygen atoms in total. The number of aryl methyl sites for hydroxylation is 1. The van der Waals surface area contributed by atoms with Gasteiger partial charge < -0.3 is 14.9 Å². The van der Waals surface area contributed by atoms with Gasteiger partial charge in [-0.25, -0.2) is 9.59 Å². The van der Waals surface area contributed by atoms with Crippen LogP contribution in [0.5, 0.6) is 0 Å². The summed E-state index contributed by atoms with van der Waals surface area (Å²) in [7, 11) is 0. The Morgan fingerprint density at radius 1 is 1.54 bits per heavy atom. The van der Waals surface area contributed by atoms with Crippen LogP contribution in [0, 0.1) is 6.92 Å². The number of aliphatic hydroxyl groups is 1. The number of hydrogen-bond donors (Lipinski definition) is 3. The van der Waals surface area contributed by atoms with E-state index in [0.29, 0.717) is 5.56 Å². The van der Waals surface area contributed by atoms with Crippen molar-refractivity contribution in [2.75, 3.05) is 6.61 Å². The molecule has 3 N–H and O–H groups in total. The van der Waals surface area contributed by atoms with Gasteiger partial charge in [0, 0.05) is 35.5 Å². The lowest BCUT2D eigenvalue weighted by atomic mass is 10.1. The van der Waals surface area contributed by atoms with Crippen LogP contribution in [-0.2, 0) is 4.74 Å². The number of aromatic carboxylic acids is 1. The van der Waals surface area contributed by atoms with Gasteiger partial charge in [0.2, 0.25) is 0 Å². The van der Waals surface area contributed by atoms with Crippen molar-refractivity contribution in [1.82, 2.24) is 14.5 Å². The van der Waals surface area contributed by atoms with E-state index in [0.717, 1.165) is 0 Å². The van der Waals surface area contributed by atoms with E-state index in [1.807, 2.05) is 0 Å². The smallest absolute Gasteiger partial charge is 0.337 e. The first-order valence-corrected chi connectivity index (χ1v) is 8.13. The SMILES string of the molecule is Cc1cn([C@H]2C[C@H](N=[N+]=[N-])[C@@H](CO)O2)c(=O)[nH]c1=O.O=C(O)c1cccnc1. The summed E-state index contributed by atoms with van der Waals surface area (Å²) in [6.45, 7) is 1.26. The van der Waals surface area contributed by atoms with Crippen LogP contribution in [0.15, 0.2) is 45.4 Å². The molecule has 0 aromatic carbocycles. The Balaban J connectivity index is 0.000000261. The number of carboxylic acids is 1. The number of ether oxygens (including phenoxy) is 1. The Bertz CT molecular complexity index is 981. The summed E-state index contributed by atoms with van der Waals surface area (Å²) < 4.78 is 6.69. The second kappa shape index (κ2) is 9.46. The molecule has 0 radical (unpaired) electrons. The molecule has 1 fully saturated rings.